The number of fused-ring (bicyclic) bond motifs is 1. The number of nitrogens with zero attached hydrogens (tertiary/aromatic N) is 1. The van der Waals surface area contributed by atoms with Crippen molar-refractivity contribution in [2.45, 2.75) is 87.1 Å². The van der Waals surface area contributed by atoms with Crippen molar-refractivity contribution in [3.05, 3.63) is 59.7 Å². The predicted octanol–water partition coefficient (Wildman–Crippen LogP) is 6.98. The molecule has 0 amide bonds. The Morgan fingerprint density at radius 1 is 1.06 bits per heavy atom. The number of rotatable bonds is 9. The van der Waals surface area contributed by atoms with Gasteiger partial charge in [-0.3, -0.25) is 4.90 Å². The first kappa shape index (κ1) is 24.4. The van der Waals surface area contributed by atoms with Crippen LogP contribution in [-0.2, 0) is 6.42 Å². The topological polar surface area (TPSA) is 32.7 Å². The van der Waals surface area contributed by atoms with Crippen LogP contribution in [0, 0.1) is 0 Å². The number of thioether (sulfide) groups is 1. The van der Waals surface area contributed by atoms with Gasteiger partial charge >= 0.3 is 0 Å². The molecule has 2 aliphatic rings. The van der Waals surface area contributed by atoms with E-state index >= 15 is 0 Å². The van der Waals surface area contributed by atoms with E-state index in [9.17, 15) is 5.11 Å². The molecule has 0 aromatic heterocycles. The van der Waals surface area contributed by atoms with Gasteiger partial charge in [-0.2, -0.15) is 0 Å². The largest absolute Gasteiger partial charge is 0.475 e. The Kier molecular flexibility index (Phi) is 8.74. The molecule has 0 spiro atoms. The number of benzene rings is 2. The molecule has 0 bridgehead atoms. The van der Waals surface area contributed by atoms with Crippen LogP contribution in [0.1, 0.15) is 76.0 Å². The summed E-state index contributed by atoms with van der Waals surface area (Å²) >= 11 is 1.92. The smallest absolute Gasteiger partial charge is 0.159 e. The number of halogens is 1. The lowest BCUT2D eigenvalue weighted by molar-refractivity contribution is 0.0596. The fourth-order valence-corrected chi connectivity index (χ4v) is 6.76. The summed E-state index contributed by atoms with van der Waals surface area (Å²) in [4.78, 5) is 3.49. The van der Waals surface area contributed by atoms with Crippen molar-refractivity contribution in [2.75, 3.05) is 6.73 Å². The van der Waals surface area contributed by atoms with Crippen LogP contribution in [0.3, 0.4) is 0 Å². The van der Waals surface area contributed by atoms with Crippen LogP contribution in [-0.4, -0.2) is 27.7 Å². The summed E-state index contributed by atoms with van der Waals surface area (Å²) in [5.74, 6) is 1.04. The van der Waals surface area contributed by atoms with Gasteiger partial charge in [-0.1, -0.05) is 74.8 Å². The van der Waals surface area contributed by atoms with E-state index in [-0.39, 0.29) is 24.1 Å². The molecule has 1 saturated heterocycles. The van der Waals surface area contributed by atoms with Gasteiger partial charge in [-0.25, -0.2) is 0 Å². The molecular formula is C26H36ClNO2S. The molecule has 0 saturated carbocycles. The number of hydrogen-bond acceptors (Lipinski definition) is 4. The maximum atomic E-state index is 10.2. The SMILES string of the molecule is CCCC1(CCC)Oc2ccc(C3CCC(CCc4ccccc4)N3CO)cc2S1.Cl. The van der Waals surface area contributed by atoms with Gasteiger partial charge in [0.05, 0.1) is 11.6 Å². The van der Waals surface area contributed by atoms with E-state index in [1.165, 1.54) is 16.0 Å². The molecule has 1 N–H and O–H groups in total. The Morgan fingerprint density at radius 3 is 2.48 bits per heavy atom. The number of aryl methyl sites for hydroxylation is 1. The second kappa shape index (κ2) is 11.1. The monoisotopic (exact) mass is 461 g/mol. The van der Waals surface area contributed by atoms with Crippen molar-refractivity contribution in [1.29, 1.82) is 0 Å². The number of ether oxygens (including phenoxy) is 1. The minimum Gasteiger partial charge on any atom is -0.475 e. The van der Waals surface area contributed by atoms with Crippen LogP contribution >= 0.6 is 24.2 Å². The standard InChI is InChI=1S/C26H35NO2S.ClH/c1-3-16-26(17-4-2)29-24-15-11-21(18-25(24)30-26)23-14-13-22(27(23)19-28)12-10-20-8-6-5-7-9-20;/h5-9,11,15,18,22-23,28H,3-4,10,12-14,16-17,19H2,1-2H3;1H. The quantitative estimate of drug-likeness (QED) is 0.436. The molecule has 2 aromatic carbocycles. The molecule has 31 heavy (non-hydrogen) atoms. The van der Waals surface area contributed by atoms with Crippen LogP contribution in [0.2, 0.25) is 0 Å². The molecule has 2 heterocycles. The summed E-state index contributed by atoms with van der Waals surface area (Å²) in [6, 6.07) is 18.2. The number of aliphatic hydroxyl groups excluding tert-OH is 1. The summed E-state index contributed by atoms with van der Waals surface area (Å²) in [7, 11) is 0. The summed E-state index contributed by atoms with van der Waals surface area (Å²) in [6.07, 6.45) is 8.87. The molecule has 2 unspecified atom stereocenters. The zero-order chi connectivity index (χ0) is 21.0. The Balaban J connectivity index is 0.00000272. The van der Waals surface area contributed by atoms with Crippen molar-refractivity contribution < 1.29 is 9.84 Å². The van der Waals surface area contributed by atoms with Gasteiger partial charge in [-0.15, -0.1) is 12.4 Å². The van der Waals surface area contributed by atoms with E-state index in [2.05, 4.69) is 67.3 Å². The van der Waals surface area contributed by atoms with Crippen LogP contribution in [0.15, 0.2) is 53.4 Å². The van der Waals surface area contributed by atoms with Crippen LogP contribution in [0.4, 0.5) is 0 Å². The van der Waals surface area contributed by atoms with Crippen molar-refractivity contribution in [2.24, 2.45) is 0 Å². The summed E-state index contributed by atoms with van der Waals surface area (Å²) in [6.45, 7) is 4.60. The van der Waals surface area contributed by atoms with Crippen molar-refractivity contribution >= 4 is 24.2 Å². The van der Waals surface area contributed by atoms with Gasteiger partial charge in [0.25, 0.3) is 0 Å². The van der Waals surface area contributed by atoms with Crippen LogP contribution < -0.4 is 4.74 Å². The third-order valence-electron chi connectivity index (χ3n) is 6.62. The first-order valence-electron chi connectivity index (χ1n) is 11.6. The minimum atomic E-state index is -0.0883. The van der Waals surface area contributed by atoms with E-state index in [0.29, 0.717) is 12.1 Å². The third kappa shape index (κ3) is 5.42. The Hall–Kier alpha value is -1.20. The lowest BCUT2D eigenvalue weighted by Crippen LogP contribution is -2.32. The lowest BCUT2D eigenvalue weighted by atomic mass is 10.0. The second-order valence-electron chi connectivity index (χ2n) is 8.75. The maximum absolute atomic E-state index is 10.2. The highest BCUT2D eigenvalue weighted by molar-refractivity contribution is 8.00. The fraction of sp³-hybridized carbons (Fsp3) is 0.538. The van der Waals surface area contributed by atoms with Gasteiger partial charge in [0.1, 0.15) is 5.75 Å². The molecule has 2 atom stereocenters. The van der Waals surface area contributed by atoms with Gasteiger partial charge < -0.3 is 9.84 Å². The highest BCUT2D eigenvalue weighted by atomic mass is 35.5. The van der Waals surface area contributed by atoms with Crippen molar-refractivity contribution in [3.63, 3.8) is 0 Å². The van der Waals surface area contributed by atoms with Gasteiger partial charge in [0, 0.05) is 12.1 Å². The van der Waals surface area contributed by atoms with Gasteiger partial charge in [0.2, 0.25) is 0 Å². The Bertz CT molecular complexity index is 825. The van der Waals surface area contributed by atoms with Crippen molar-refractivity contribution in [3.8, 4) is 5.75 Å². The Labute approximate surface area is 198 Å². The molecule has 170 valence electrons. The molecular weight excluding hydrogens is 426 g/mol. The molecule has 4 rings (SSSR count). The molecule has 2 aromatic rings. The fourth-order valence-electron chi connectivity index (χ4n) is 5.21. The first-order valence-corrected chi connectivity index (χ1v) is 12.4. The van der Waals surface area contributed by atoms with Crippen LogP contribution in [0.25, 0.3) is 0 Å². The highest BCUT2D eigenvalue weighted by Gasteiger charge is 2.40. The van der Waals surface area contributed by atoms with E-state index < -0.39 is 0 Å². The predicted molar refractivity (Wildman–Crippen MR) is 132 cm³/mol. The highest BCUT2D eigenvalue weighted by Crippen LogP contribution is 2.53. The number of aliphatic hydroxyl groups is 1. The first-order chi connectivity index (χ1) is 14.7. The zero-order valence-electron chi connectivity index (χ0n) is 18.8. The lowest BCUT2D eigenvalue weighted by Gasteiger charge is -2.28. The second-order valence-corrected chi connectivity index (χ2v) is 10.1. The summed E-state index contributed by atoms with van der Waals surface area (Å²) < 4.78 is 6.45. The van der Waals surface area contributed by atoms with E-state index in [1.54, 1.807) is 0 Å². The van der Waals surface area contributed by atoms with Gasteiger partial charge in [-0.05, 0) is 61.8 Å². The van der Waals surface area contributed by atoms with E-state index in [4.69, 9.17) is 4.74 Å². The molecule has 3 nitrogen and oxygen atoms in total. The molecule has 5 heteroatoms. The van der Waals surface area contributed by atoms with E-state index in [0.717, 1.165) is 57.1 Å². The number of hydrogen-bond donors (Lipinski definition) is 1. The molecule has 2 aliphatic heterocycles. The zero-order valence-corrected chi connectivity index (χ0v) is 20.4. The Morgan fingerprint density at radius 2 is 1.81 bits per heavy atom. The average Bonchev–Trinajstić information content (AvgIpc) is 3.33. The molecule has 0 aliphatic carbocycles. The minimum absolute atomic E-state index is 0. The average molecular weight is 462 g/mol. The van der Waals surface area contributed by atoms with Crippen LogP contribution in [0.5, 0.6) is 5.75 Å². The molecule has 1 fully saturated rings. The maximum Gasteiger partial charge on any atom is 0.159 e. The van der Waals surface area contributed by atoms with E-state index in [1.807, 2.05) is 11.8 Å². The van der Waals surface area contributed by atoms with Crippen molar-refractivity contribution in [1.82, 2.24) is 4.90 Å². The summed E-state index contributed by atoms with van der Waals surface area (Å²) in [5, 5.41) is 10.2. The normalized spacial score (nSPS) is 22.0. The summed E-state index contributed by atoms with van der Waals surface area (Å²) in [5.41, 5.74) is 2.71. The third-order valence-corrected chi connectivity index (χ3v) is 8.02. The molecule has 0 radical (unpaired) electrons. The van der Waals surface area contributed by atoms with Gasteiger partial charge in [0.15, 0.2) is 4.93 Å². The number of likely N-dealkylation sites (tertiary alicyclic amines) is 1.